The van der Waals surface area contributed by atoms with Gasteiger partial charge in [-0.05, 0) is 41.6 Å². The number of thiophene rings is 1. The summed E-state index contributed by atoms with van der Waals surface area (Å²) in [6.07, 6.45) is 3.74. The minimum absolute atomic E-state index is 0.1000. The van der Waals surface area contributed by atoms with Gasteiger partial charge in [0.15, 0.2) is 0 Å². The molecule has 2 aromatic carbocycles. The number of anilines is 1. The van der Waals surface area contributed by atoms with Gasteiger partial charge in [0.25, 0.3) is 5.91 Å². The van der Waals surface area contributed by atoms with E-state index in [2.05, 4.69) is 15.3 Å². The Bertz CT molecular complexity index is 1650. The molecular formula is C29H24N4O4S. The van der Waals surface area contributed by atoms with Gasteiger partial charge in [0.1, 0.15) is 17.3 Å². The molecule has 1 atom stereocenters. The number of β-amino-alcohol motifs (C(OH)–C–C–N with tert-alkyl or cyclic N) is 1. The van der Waals surface area contributed by atoms with Gasteiger partial charge >= 0.3 is 0 Å². The Morgan fingerprint density at radius 1 is 1.05 bits per heavy atom. The monoisotopic (exact) mass is 524 g/mol. The first-order valence-electron chi connectivity index (χ1n) is 12.3. The molecule has 38 heavy (non-hydrogen) atoms. The van der Waals surface area contributed by atoms with Crippen molar-refractivity contribution in [1.29, 1.82) is 0 Å². The summed E-state index contributed by atoms with van der Waals surface area (Å²) in [5.74, 6) is 1.48. The van der Waals surface area contributed by atoms with Gasteiger partial charge in [-0.3, -0.25) is 14.6 Å². The van der Waals surface area contributed by atoms with E-state index in [1.54, 1.807) is 29.4 Å². The molecule has 0 aliphatic carbocycles. The van der Waals surface area contributed by atoms with Crippen molar-refractivity contribution in [2.45, 2.75) is 18.9 Å². The number of aliphatic hydroxyl groups is 1. The van der Waals surface area contributed by atoms with Gasteiger partial charge in [-0.1, -0.05) is 36.4 Å². The zero-order chi connectivity index (χ0) is 26.1. The molecule has 0 spiro atoms. The molecule has 2 N–H and O–H groups in total. The van der Waals surface area contributed by atoms with E-state index in [0.717, 1.165) is 21.0 Å². The number of rotatable bonds is 6. The summed E-state index contributed by atoms with van der Waals surface area (Å²) in [6.45, 7) is 0.904. The number of benzene rings is 2. The Balaban J connectivity index is 1.12. The number of pyridine rings is 2. The van der Waals surface area contributed by atoms with Crippen LogP contribution in [0.15, 0.2) is 79.1 Å². The normalized spacial score (nSPS) is 15.2. The number of likely N-dealkylation sites (tertiary alicyclic amines) is 1. The maximum atomic E-state index is 12.9. The summed E-state index contributed by atoms with van der Waals surface area (Å²) in [5, 5.41) is 14.7. The zero-order valence-corrected chi connectivity index (χ0v) is 21.1. The third-order valence-corrected chi connectivity index (χ3v) is 7.58. The molecule has 190 valence electrons. The molecule has 0 unspecified atom stereocenters. The Morgan fingerprint density at radius 2 is 1.87 bits per heavy atom. The van der Waals surface area contributed by atoms with E-state index in [-0.39, 0.29) is 18.2 Å². The Morgan fingerprint density at radius 3 is 2.66 bits per heavy atom. The van der Waals surface area contributed by atoms with Crippen LogP contribution in [0.5, 0.6) is 11.5 Å². The maximum absolute atomic E-state index is 12.9. The second kappa shape index (κ2) is 10.2. The lowest BCUT2D eigenvalue weighted by Gasteiger charge is -2.13. The molecule has 1 fully saturated rings. The first-order chi connectivity index (χ1) is 18.5. The van der Waals surface area contributed by atoms with Gasteiger partial charge in [0.2, 0.25) is 5.91 Å². The van der Waals surface area contributed by atoms with Crippen LogP contribution in [0.3, 0.4) is 0 Å². The third kappa shape index (κ3) is 5.06. The fraction of sp³-hybridized carbons (Fsp3) is 0.172. The molecule has 1 aliphatic rings. The summed E-state index contributed by atoms with van der Waals surface area (Å²) in [6, 6.07) is 20.6. The maximum Gasteiger partial charge on any atom is 0.264 e. The first-order valence-corrected chi connectivity index (χ1v) is 13.1. The van der Waals surface area contributed by atoms with Crippen molar-refractivity contribution in [2.24, 2.45) is 0 Å². The summed E-state index contributed by atoms with van der Waals surface area (Å²) in [5.41, 5.74) is 1.53. The number of amides is 2. The lowest BCUT2D eigenvalue weighted by Crippen LogP contribution is -2.28. The average molecular weight is 525 g/mol. The highest BCUT2D eigenvalue weighted by atomic mass is 32.1. The van der Waals surface area contributed by atoms with Gasteiger partial charge in [0.05, 0.1) is 27.6 Å². The number of hydrogen-bond acceptors (Lipinski definition) is 7. The number of ether oxygens (including phenoxy) is 1. The third-order valence-electron chi connectivity index (χ3n) is 6.45. The van der Waals surface area contributed by atoms with Gasteiger partial charge < -0.3 is 20.1 Å². The molecule has 0 radical (unpaired) electrons. The van der Waals surface area contributed by atoms with Crippen molar-refractivity contribution in [2.75, 3.05) is 18.4 Å². The molecular weight excluding hydrogens is 500 g/mol. The Kier molecular flexibility index (Phi) is 6.45. The van der Waals surface area contributed by atoms with E-state index >= 15 is 0 Å². The second-order valence-electron chi connectivity index (χ2n) is 9.22. The van der Waals surface area contributed by atoms with Gasteiger partial charge in [0, 0.05) is 36.9 Å². The molecule has 2 amide bonds. The van der Waals surface area contributed by atoms with Crippen molar-refractivity contribution in [3.63, 3.8) is 0 Å². The van der Waals surface area contributed by atoms with Crippen molar-refractivity contribution >= 4 is 50.0 Å². The molecule has 0 saturated carbocycles. The lowest BCUT2D eigenvalue weighted by molar-refractivity contribution is -0.115. The Labute approximate surface area is 222 Å². The van der Waals surface area contributed by atoms with Gasteiger partial charge in [-0.15, -0.1) is 11.3 Å². The van der Waals surface area contributed by atoms with Crippen molar-refractivity contribution < 1.29 is 19.4 Å². The smallest absolute Gasteiger partial charge is 0.264 e. The summed E-state index contributed by atoms with van der Waals surface area (Å²) < 4.78 is 6.90. The van der Waals surface area contributed by atoms with Crippen molar-refractivity contribution in [3.8, 4) is 11.5 Å². The fourth-order valence-electron chi connectivity index (χ4n) is 4.51. The van der Waals surface area contributed by atoms with Crippen LogP contribution in [-0.4, -0.2) is 51.0 Å². The van der Waals surface area contributed by atoms with Crippen LogP contribution in [0.1, 0.15) is 21.7 Å². The Hall–Kier alpha value is -4.34. The largest absolute Gasteiger partial charge is 0.456 e. The van der Waals surface area contributed by atoms with Crippen LogP contribution in [0.25, 0.3) is 21.0 Å². The van der Waals surface area contributed by atoms with Crippen LogP contribution >= 0.6 is 11.3 Å². The van der Waals surface area contributed by atoms with Crippen LogP contribution in [0.2, 0.25) is 0 Å². The highest BCUT2D eigenvalue weighted by Gasteiger charge is 2.27. The molecule has 8 nitrogen and oxygen atoms in total. The van der Waals surface area contributed by atoms with E-state index in [4.69, 9.17) is 4.74 Å². The topological polar surface area (TPSA) is 105 Å². The average Bonchev–Trinajstić information content (AvgIpc) is 3.56. The van der Waals surface area contributed by atoms with E-state index < -0.39 is 6.10 Å². The minimum Gasteiger partial charge on any atom is -0.456 e. The fourth-order valence-corrected chi connectivity index (χ4v) is 5.54. The molecule has 1 aliphatic heterocycles. The number of aliphatic hydroxyl groups excluding tert-OH is 1. The predicted octanol–water partition coefficient (Wildman–Crippen LogP) is 5.02. The quantitative estimate of drug-likeness (QED) is 0.323. The van der Waals surface area contributed by atoms with E-state index in [1.807, 2.05) is 54.6 Å². The van der Waals surface area contributed by atoms with Gasteiger partial charge in [-0.2, -0.15) is 0 Å². The molecule has 9 heteroatoms. The molecule has 0 bridgehead atoms. The lowest BCUT2D eigenvalue weighted by atomic mass is 10.1. The number of carbonyl (C=O) groups is 2. The molecule has 1 saturated heterocycles. The van der Waals surface area contributed by atoms with Gasteiger partial charge in [-0.25, -0.2) is 4.98 Å². The molecule has 5 aromatic rings. The van der Waals surface area contributed by atoms with Crippen LogP contribution in [-0.2, 0) is 11.2 Å². The summed E-state index contributed by atoms with van der Waals surface area (Å²) in [4.78, 5) is 36.4. The first kappa shape index (κ1) is 24.0. The number of hydrogen-bond donors (Lipinski definition) is 2. The SMILES string of the molecule is O=C(Cc1ccc(Oc2ccnc3cc(C(=O)N4CC[C@@H](O)C4)sc23)cc1)Nc1cc2ccccc2cn1. The number of nitrogens with one attached hydrogen (secondary N) is 1. The van der Waals surface area contributed by atoms with Crippen LogP contribution < -0.4 is 10.1 Å². The number of carbonyl (C=O) groups excluding carboxylic acids is 2. The van der Waals surface area contributed by atoms with E-state index in [0.29, 0.717) is 47.2 Å². The second-order valence-corrected chi connectivity index (χ2v) is 10.3. The van der Waals surface area contributed by atoms with E-state index in [9.17, 15) is 14.7 Å². The highest BCUT2D eigenvalue weighted by Crippen LogP contribution is 2.35. The summed E-state index contributed by atoms with van der Waals surface area (Å²) >= 11 is 1.33. The standard InChI is InChI=1S/C29H24N4O4S/c34-21-10-12-33(17-21)29(36)25-15-23-28(38-25)24(9-11-30-23)37-22-7-5-18(6-8-22)13-27(35)32-26-14-19-3-1-2-4-20(19)16-31-26/h1-9,11,14-16,21,34H,10,12-13,17H2,(H,31,32,35)/t21-/m1/s1. The van der Waals surface area contributed by atoms with Crippen molar-refractivity contribution in [1.82, 2.24) is 14.9 Å². The molecule has 3 aromatic heterocycles. The molecule has 4 heterocycles. The number of nitrogens with zero attached hydrogens (tertiary/aromatic N) is 3. The minimum atomic E-state index is -0.463. The van der Waals surface area contributed by atoms with Crippen LogP contribution in [0.4, 0.5) is 5.82 Å². The highest BCUT2D eigenvalue weighted by molar-refractivity contribution is 7.21. The van der Waals surface area contributed by atoms with Crippen LogP contribution in [0, 0.1) is 0 Å². The number of fused-ring (bicyclic) bond motifs is 2. The van der Waals surface area contributed by atoms with Crippen molar-refractivity contribution in [3.05, 3.63) is 89.6 Å². The van der Waals surface area contributed by atoms with E-state index in [1.165, 1.54) is 11.3 Å². The zero-order valence-electron chi connectivity index (χ0n) is 20.3. The molecule has 6 rings (SSSR count). The predicted molar refractivity (Wildman–Crippen MR) is 147 cm³/mol. The number of aromatic nitrogens is 2. The summed E-state index contributed by atoms with van der Waals surface area (Å²) in [7, 11) is 0.